The summed E-state index contributed by atoms with van der Waals surface area (Å²) in [7, 11) is 0.635. The number of benzene rings is 4. The molecule has 1 atom stereocenters. The average molecular weight is 729 g/mol. The lowest BCUT2D eigenvalue weighted by Crippen LogP contribution is -2.77. The first kappa shape index (κ1) is 35.6. The molecule has 55 heavy (non-hydrogen) atoms. The van der Waals surface area contributed by atoms with Gasteiger partial charge in [0.25, 0.3) is 0 Å². The second-order valence-electron chi connectivity index (χ2n) is 14.2. The van der Waals surface area contributed by atoms with Crippen molar-refractivity contribution in [3.8, 4) is 0 Å². The standard InChI is InChI=1S/C45H38BF2N6O/c1-27-25-29(3)49-42(27)41(43-28(2)26-30(4)54(43)46(47)48)33-18-15-31(16-19-33)17-24-37-35-11-7-9-13-38(35)40(39-14-10-8-12-36(37)39)32-20-22-34(23-21-32)44-50-52(5)45(55)53(6)51-44/h7-16,18-23,25-26,42H,1-6H3,(H,50,51)/p+1. The van der Waals surface area contributed by atoms with Crippen LogP contribution in [-0.4, -0.2) is 59.6 Å². The molecule has 8 rings (SSSR count). The van der Waals surface area contributed by atoms with Crippen LogP contribution in [0, 0.1) is 19.8 Å². The van der Waals surface area contributed by atoms with Gasteiger partial charge in [-0.15, -0.1) is 0 Å². The molecule has 0 fully saturated rings. The van der Waals surface area contributed by atoms with Gasteiger partial charge in [0.15, 0.2) is 11.5 Å². The van der Waals surface area contributed by atoms with Crippen LogP contribution in [0.1, 0.15) is 30.8 Å². The van der Waals surface area contributed by atoms with E-state index in [-0.39, 0.29) is 12.1 Å². The molecule has 2 N–H and O–H groups in total. The molecule has 1 aliphatic carbocycles. The number of hydrazone groups is 1. The van der Waals surface area contributed by atoms with Gasteiger partial charge in [-0.05, 0) is 82.1 Å². The van der Waals surface area contributed by atoms with E-state index >= 15 is 0 Å². The van der Waals surface area contributed by atoms with Crippen LogP contribution in [0.15, 0.2) is 120 Å². The van der Waals surface area contributed by atoms with E-state index in [1.54, 1.807) is 21.0 Å². The summed E-state index contributed by atoms with van der Waals surface area (Å²) in [6, 6.07) is 25.9. The van der Waals surface area contributed by atoms with Crippen LogP contribution in [0.4, 0.5) is 13.4 Å². The van der Waals surface area contributed by atoms with Gasteiger partial charge in [-0.2, -0.15) is 5.10 Å². The van der Waals surface area contributed by atoms with E-state index in [0.29, 0.717) is 17.2 Å². The first-order valence-electron chi connectivity index (χ1n) is 18.2. The molecule has 1 radical (unpaired) electrons. The zero-order chi connectivity index (χ0) is 38.5. The van der Waals surface area contributed by atoms with E-state index in [4.69, 9.17) is 0 Å². The van der Waals surface area contributed by atoms with Crippen molar-refractivity contribution in [3.05, 3.63) is 159 Å². The Bertz CT molecular complexity index is 2820. The first-order valence-corrected chi connectivity index (χ1v) is 18.2. The number of carbonyl (C=O) groups is 1. The van der Waals surface area contributed by atoms with Gasteiger partial charge in [-0.25, -0.2) is 19.8 Å². The number of allylic oxidation sites excluding steroid dienone is 3. The Morgan fingerprint density at radius 3 is 2.02 bits per heavy atom. The van der Waals surface area contributed by atoms with Crippen molar-refractivity contribution in [2.75, 3.05) is 14.1 Å². The second-order valence-corrected chi connectivity index (χ2v) is 14.2. The second kappa shape index (κ2) is 14.1. The van der Waals surface area contributed by atoms with Crippen LogP contribution in [0.2, 0.25) is 0 Å². The fourth-order valence-electron chi connectivity index (χ4n) is 7.96. The summed E-state index contributed by atoms with van der Waals surface area (Å²) >= 11 is 0. The highest BCUT2D eigenvalue weighted by atomic mass is 19.2. The van der Waals surface area contributed by atoms with E-state index in [1.807, 2.05) is 87.5 Å². The predicted octanol–water partition coefficient (Wildman–Crippen LogP) is 3.93. The molecular weight excluding hydrogens is 689 g/mol. The van der Waals surface area contributed by atoms with Gasteiger partial charge in [0.1, 0.15) is 0 Å². The number of nitrogens with one attached hydrogen (secondary N) is 2. The van der Waals surface area contributed by atoms with Crippen LogP contribution in [-0.2, 0) is 0 Å². The number of aromatic nitrogens is 1. The molecule has 0 saturated heterocycles. The number of nitrogens with zero attached hydrogens (tertiary/aromatic N) is 4. The number of urea groups is 1. The minimum absolute atomic E-state index is 0.235. The molecule has 0 saturated carbocycles. The van der Waals surface area contributed by atoms with Gasteiger partial charge in [-0.1, -0.05) is 96.4 Å². The minimum Gasteiger partial charge on any atom is -0.329 e. The number of rotatable bonds is 4. The summed E-state index contributed by atoms with van der Waals surface area (Å²) < 4.78 is 30.1. The molecule has 10 heteroatoms. The zero-order valence-corrected chi connectivity index (χ0v) is 31.5. The number of aryl methyl sites for hydroxylation is 2. The highest BCUT2D eigenvalue weighted by Crippen LogP contribution is 2.27. The molecule has 2 amide bonds. The Hall–Kier alpha value is -6.47. The number of hydrogen-bond donors (Lipinski definition) is 2. The molecule has 5 aromatic rings. The number of fused-ring (bicyclic) bond motifs is 2. The highest BCUT2D eigenvalue weighted by molar-refractivity contribution is 6.41. The quantitative estimate of drug-likeness (QED) is 0.218. The van der Waals surface area contributed by atoms with E-state index < -0.39 is 7.40 Å². The maximum absolute atomic E-state index is 14.5. The Morgan fingerprint density at radius 2 is 1.45 bits per heavy atom. The first-order chi connectivity index (χ1) is 26.5. The van der Waals surface area contributed by atoms with Gasteiger partial charge in [-0.3, -0.25) is 14.1 Å². The number of hydrogen-bond acceptors (Lipinski definition) is 3. The van der Waals surface area contributed by atoms with E-state index in [1.165, 1.54) is 10.0 Å². The lowest BCUT2D eigenvalue weighted by molar-refractivity contribution is -0.469. The molecule has 2 aliphatic heterocycles. The van der Waals surface area contributed by atoms with Crippen LogP contribution in [0.5, 0.6) is 0 Å². The van der Waals surface area contributed by atoms with Crippen LogP contribution >= 0.6 is 0 Å². The third-order valence-corrected chi connectivity index (χ3v) is 10.4. The van der Waals surface area contributed by atoms with Crippen molar-refractivity contribution in [2.45, 2.75) is 33.7 Å². The van der Waals surface area contributed by atoms with Gasteiger partial charge < -0.3 is 4.48 Å². The maximum atomic E-state index is 14.5. The van der Waals surface area contributed by atoms with Crippen molar-refractivity contribution in [1.29, 1.82) is 0 Å². The van der Waals surface area contributed by atoms with Gasteiger partial charge in [0, 0.05) is 54.5 Å². The third-order valence-electron chi connectivity index (χ3n) is 10.4. The van der Waals surface area contributed by atoms with Crippen LogP contribution in [0.25, 0.3) is 44.2 Å². The van der Waals surface area contributed by atoms with Crippen molar-refractivity contribution < 1.29 is 18.4 Å². The smallest absolute Gasteiger partial charge is 0.329 e. The average Bonchev–Trinajstić information content (AvgIpc) is 3.67. The topological polar surface area (TPSA) is 66.8 Å². The summed E-state index contributed by atoms with van der Waals surface area (Å²) in [4.78, 5) is 15.7. The van der Waals surface area contributed by atoms with Crippen molar-refractivity contribution in [1.82, 2.24) is 19.9 Å². The Labute approximate surface area is 318 Å². The lowest BCUT2D eigenvalue weighted by atomic mass is 9.92. The maximum Gasteiger partial charge on any atom is 0.677 e. The summed E-state index contributed by atoms with van der Waals surface area (Å²) in [5, 5.41) is 15.1. The van der Waals surface area contributed by atoms with Crippen LogP contribution < -0.4 is 31.3 Å². The lowest BCUT2D eigenvalue weighted by Gasteiger charge is -2.31. The summed E-state index contributed by atoms with van der Waals surface area (Å²) in [5.74, 6) is 1.44. The largest absolute Gasteiger partial charge is 0.677 e. The molecule has 1 unspecified atom stereocenters. The SMILES string of the molecule is CC1=CC(C)=[NH+]C1C(c1c(C)cc(C)n1B(F)F)=c1ccc(=C=C=c2c3ccccc3c(=C3C=C[C](C4=NN(C)C(=O)N(C)N4)C=C3)c3ccccc23)cc1. The third kappa shape index (κ3) is 6.36. The number of amidine groups is 1. The van der Waals surface area contributed by atoms with E-state index in [0.717, 1.165) is 80.8 Å². The van der Waals surface area contributed by atoms with Crippen LogP contribution in [0.3, 0.4) is 0 Å². The molecule has 4 aromatic carbocycles. The van der Waals surface area contributed by atoms with Crippen molar-refractivity contribution in [2.24, 2.45) is 5.10 Å². The Balaban J connectivity index is 1.32. The fourth-order valence-corrected chi connectivity index (χ4v) is 7.96. The van der Waals surface area contributed by atoms with Gasteiger partial charge in [0.05, 0.1) is 11.5 Å². The number of amides is 2. The number of carbonyl (C=O) groups excluding carboxylic acids is 1. The molecular formula is C45H39BF2N6O+. The van der Waals surface area contributed by atoms with Gasteiger partial charge in [0.2, 0.25) is 6.04 Å². The summed E-state index contributed by atoms with van der Waals surface area (Å²) in [6.07, 6.45) is 10.3. The minimum atomic E-state index is -2.67. The molecule has 0 spiro atoms. The monoisotopic (exact) mass is 728 g/mol. The zero-order valence-electron chi connectivity index (χ0n) is 31.5. The number of hydrazine groups is 1. The Kier molecular flexibility index (Phi) is 9.10. The van der Waals surface area contributed by atoms with Gasteiger partial charge >= 0.3 is 13.4 Å². The van der Waals surface area contributed by atoms with E-state index in [9.17, 15) is 13.4 Å². The molecule has 7 nitrogen and oxygen atoms in total. The molecule has 271 valence electrons. The Morgan fingerprint density at radius 1 is 0.836 bits per heavy atom. The number of halogens is 2. The van der Waals surface area contributed by atoms with Crippen molar-refractivity contribution >= 4 is 69.1 Å². The normalized spacial score (nSPS) is 16.9. The molecule has 3 heterocycles. The molecule has 3 aliphatic rings. The van der Waals surface area contributed by atoms with E-state index in [2.05, 4.69) is 69.5 Å². The summed E-state index contributed by atoms with van der Waals surface area (Å²) in [6.45, 7) is 7.65. The summed E-state index contributed by atoms with van der Waals surface area (Å²) in [5.41, 5.74) is 15.8. The highest BCUT2D eigenvalue weighted by Gasteiger charge is 2.34. The molecule has 0 bridgehead atoms. The predicted molar refractivity (Wildman–Crippen MR) is 219 cm³/mol. The van der Waals surface area contributed by atoms with Crippen molar-refractivity contribution in [3.63, 3.8) is 0 Å². The fraction of sp³-hybridized carbons (Fsp3) is 0.156. The molecule has 1 aromatic heterocycles.